The first-order valence-corrected chi connectivity index (χ1v) is 6.62. The summed E-state index contributed by atoms with van der Waals surface area (Å²) in [7, 11) is 0. The van der Waals surface area contributed by atoms with Gasteiger partial charge in [0.2, 0.25) is 0 Å². The molecule has 1 amide bonds. The molecule has 0 atom stereocenters. The van der Waals surface area contributed by atoms with Crippen LogP contribution in [0.4, 0.5) is 5.69 Å². The molecule has 7 heteroatoms. The maximum atomic E-state index is 11.5. The van der Waals surface area contributed by atoms with E-state index in [-0.39, 0.29) is 12.5 Å². The van der Waals surface area contributed by atoms with Gasteiger partial charge >= 0.3 is 0 Å². The van der Waals surface area contributed by atoms with E-state index >= 15 is 0 Å². The van der Waals surface area contributed by atoms with Gasteiger partial charge in [-0.25, -0.2) is 5.43 Å². The minimum absolute atomic E-state index is 0.118. The molecule has 3 N–H and O–H groups in total. The summed E-state index contributed by atoms with van der Waals surface area (Å²) in [6.07, 6.45) is 0. The monoisotopic (exact) mass is 374 g/mol. The van der Waals surface area contributed by atoms with Gasteiger partial charge in [-0.1, -0.05) is 5.16 Å². The number of anilines is 1. The molecule has 1 rings (SSSR count). The van der Waals surface area contributed by atoms with Gasteiger partial charge in [-0.2, -0.15) is 5.10 Å². The summed E-state index contributed by atoms with van der Waals surface area (Å²) < 4.78 is 1.13. The number of amides is 1. The van der Waals surface area contributed by atoms with E-state index in [1.165, 1.54) is 0 Å². The van der Waals surface area contributed by atoms with Gasteiger partial charge < -0.3 is 10.5 Å². The van der Waals surface area contributed by atoms with Crippen LogP contribution in [0.1, 0.15) is 13.8 Å². The van der Waals surface area contributed by atoms with Crippen LogP contribution in [0.3, 0.4) is 0 Å². The largest absolute Gasteiger partial charge is 0.411 e. The highest BCUT2D eigenvalue weighted by molar-refractivity contribution is 14.1. The topological polar surface area (TPSA) is 86.1 Å². The normalized spacial score (nSPS) is 12.2. The van der Waals surface area contributed by atoms with E-state index in [0.717, 1.165) is 9.26 Å². The molecular weight excluding hydrogens is 359 g/mol. The molecule has 0 aliphatic rings. The number of carbonyl (C=O) groups is 1. The van der Waals surface area contributed by atoms with Crippen LogP contribution < -0.4 is 10.7 Å². The van der Waals surface area contributed by atoms with Crippen LogP contribution in [0.15, 0.2) is 34.5 Å². The lowest BCUT2D eigenvalue weighted by molar-refractivity contribution is -0.119. The molecule has 0 unspecified atom stereocenters. The number of rotatable bonds is 5. The zero-order valence-corrected chi connectivity index (χ0v) is 12.8. The van der Waals surface area contributed by atoms with Crippen molar-refractivity contribution < 1.29 is 10.0 Å². The number of hydrogen-bond acceptors (Lipinski definition) is 5. The number of carbonyl (C=O) groups excluding carboxylic acids is 1. The third-order valence-electron chi connectivity index (χ3n) is 2.32. The smallest absolute Gasteiger partial charge is 0.259 e. The second-order valence-corrected chi connectivity index (χ2v) is 5.02. The standard InChI is InChI=1S/C12H15IN4O2/c1-8(9(2)17-19)15-16-12(18)7-14-11-5-3-10(13)4-6-11/h3-6,14,19H,7H2,1-2H3,(H,16,18)/b15-8+,17-9+. The van der Waals surface area contributed by atoms with Crippen molar-refractivity contribution >= 4 is 45.6 Å². The molecule has 0 heterocycles. The van der Waals surface area contributed by atoms with Crippen molar-refractivity contribution in [2.45, 2.75) is 13.8 Å². The molecule has 19 heavy (non-hydrogen) atoms. The summed E-state index contributed by atoms with van der Waals surface area (Å²) in [4.78, 5) is 11.5. The fraction of sp³-hybridized carbons (Fsp3) is 0.250. The fourth-order valence-corrected chi connectivity index (χ4v) is 1.45. The van der Waals surface area contributed by atoms with Gasteiger partial charge in [0.25, 0.3) is 5.91 Å². The molecule has 6 nitrogen and oxygen atoms in total. The Balaban J connectivity index is 2.42. The number of oxime groups is 1. The van der Waals surface area contributed by atoms with Gasteiger partial charge in [0.1, 0.15) is 0 Å². The first kappa shape index (κ1) is 15.4. The predicted molar refractivity (Wildman–Crippen MR) is 83.8 cm³/mol. The van der Waals surface area contributed by atoms with Gasteiger partial charge in [-0.3, -0.25) is 4.79 Å². The molecular formula is C12H15IN4O2. The second kappa shape index (κ2) is 7.72. The Kier molecular flexibility index (Phi) is 6.26. The highest BCUT2D eigenvalue weighted by atomic mass is 127. The highest BCUT2D eigenvalue weighted by Gasteiger charge is 2.01. The van der Waals surface area contributed by atoms with E-state index in [4.69, 9.17) is 5.21 Å². The van der Waals surface area contributed by atoms with Crippen LogP contribution in [-0.4, -0.2) is 29.1 Å². The van der Waals surface area contributed by atoms with Crippen LogP contribution in [0.25, 0.3) is 0 Å². The predicted octanol–water partition coefficient (Wildman–Crippen LogP) is 2.05. The molecule has 0 bridgehead atoms. The summed E-state index contributed by atoms with van der Waals surface area (Å²) in [6, 6.07) is 7.69. The van der Waals surface area contributed by atoms with Gasteiger partial charge in [0.05, 0.1) is 18.0 Å². The average molecular weight is 374 g/mol. The van der Waals surface area contributed by atoms with E-state index in [2.05, 4.69) is 43.6 Å². The molecule has 0 saturated heterocycles. The van der Waals surface area contributed by atoms with E-state index in [9.17, 15) is 4.79 Å². The summed E-state index contributed by atoms with van der Waals surface area (Å²) in [5, 5.41) is 18.3. The van der Waals surface area contributed by atoms with Crippen molar-refractivity contribution in [1.29, 1.82) is 0 Å². The van der Waals surface area contributed by atoms with Crippen LogP contribution in [0, 0.1) is 3.57 Å². The highest BCUT2D eigenvalue weighted by Crippen LogP contribution is 2.10. The maximum Gasteiger partial charge on any atom is 0.259 e. The second-order valence-electron chi connectivity index (χ2n) is 3.78. The number of halogens is 1. The first-order chi connectivity index (χ1) is 9.02. The SMILES string of the molecule is CC(=N\O)/C(C)=N/NC(=O)CNc1ccc(I)cc1. The van der Waals surface area contributed by atoms with E-state index in [0.29, 0.717) is 11.4 Å². The van der Waals surface area contributed by atoms with E-state index in [1.54, 1.807) is 13.8 Å². The van der Waals surface area contributed by atoms with Crippen LogP contribution in [0.2, 0.25) is 0 Å². The van der Waals surface area contributed by atoms with Crippen molar-refractivity contribution in [3.05, 3.63) is 27.8 Å². The zero-order chi connectivity index (χ0) is 14.3. The summed E-state index contributed by atoms with van der Waals surface area (Å²) in [6.45, 7) is 3.35. The van der Waals surface area contributed by atoms with Crippen molar-refractivity contribution in [1.82, 2.24) is 5.43 Å². The number of nitrogens with one attached hydrogen (secondary N) is 2. The Labute approximate surface area is 125 Å². The fourth-order valence-electron chi connectivity index (χ4n) is 1.09. The molecule has 0 spiro atoms. The van der Waals surface area contributed by atoms with Crippen molar-refractivity contribution in [3.63, 3.8) is 0 Å². The lowest BCUT2D eigenvalue weighted by Crippen LogP contribution is -2.27. The third kappa shape index (κ3) is 5.69. The lowest BCUT2D eigenvalue weighted by atomic mass is 10.3. The summed E-state index contributed by atoms with van der Waals surface area (Å²) in [5.41, 5.74) is 4.04. The number of hydrazone groups is 1. The Morgan fingerprint density at radius 3 is 2.47 bits per heavy atom. The molecule has 0 saturated carbocycles. The Morgan fingerprint density at radius 1 is 1.26 bits per heavy atom. The zero-order valence-electron chi connectivity index (χ0n) is 10.6. The van der Waals surface area contributed by atoms with Crippen LogP contribution >= 0.6 is 22.6 Å². The van der Waals surface area contributed by atoms with Crippen molar-refractivity contribution in [2.24, 2.45) is 10.3 Å². The minimum Gasteiger partial charge on any atom is -0.411 e. The quantitative estimate of drug-likeness (QED) is 0.319. The summed E-state index contributed by atoms with van der Waals surface area (Å²) >= 11 is 2.21. The number of benzene rings is 1. The van der Waals surface area contributed by atoms with Gasteiger partial charge in [-0.05, 0) is 60.7 Å². The maximum absolute atomic E-state index is 11.5. The van der Waals surface area contributed by atoms with Crippen molar-refractivity contribution in [3.8, 4) is 0 Å². The molecule has 0 aliphatic heterocycles. The number of hydrogen-bond donors (Lipinski definition) is 3. The average Bonchev–Trinajstić information content (AvgIpc) is 2.43. The molecule has 0 radical (unpaired) electrons. The lowest BCUT2D eigenvalue weighted by Gasteiger charge is -2.05. The first-order valence-electron chi connectivity index (χ1n) is 5.54. The minimum atomic E-state index is -0.274. The Morgan fingerprint density at radius 2 is 1.89 bits per heavy atom. The third-order valence-corrected chi connectivity index (χ3v) is 3.04. The molecule has 0 fully saturated rings. The Hall–Kier alpha value is -1.64. The Bertz CT molecular complexity index is 497. The van der Waals surface area contributed by atoms with Crippen LogP contribution in [0.5, 0.6) is 0 Å². The van der Waals surface area contributed by atoms with Crippen molar-refractivity contribution in [2.75, 3.05) is 11.9 Å². The van der Waals surface area contributed by atoms with E-state index < -0.39 is 0 Å². The van der Waals surface area contributed by atoms with Gasteiger partial charge in [0, 0.05) is 9.26 Å². The molecule has 1 aromatic carbocycles. The van der Waals surface area contributed by atoms with Gasteiger partial charge in [0.15, 0.2) is 0 Å². The van der Waals surface area contributed by atoms with Gasteiger partial charge in [-0.15, -0.1) is 0 Å². The number of nitrogens with zero attached hydrogens (tertiary/aromatic N) is 2. The molecule has 1 aromatic rings. The molecule has 0 aromatic heterocycles. The molecule has 102 valence electrons. The van der Waals surface area contributed by atoms with E-state index in [1.807, 2.05) is 24.3 Å². The molecule has 0 aliphatic carbocycles. The van der Waals surface area contributed by atoms with Crippen LogP contribution in [-0.2, 0) is 4.79 Å². The summed E-state index contributed by atoms with van der Waals surface area (Å²) in [5.74, 6) is -0.274.